The molecule has 8 nitrogen and oxygen atoms in total. The summed E-state index contributed by atoms with van der Waals surface area (Å²) in [6.07, 6.45) is 1.37. The van der Waals surface area contributed by atoms with Crippen LogP contribution >= 0.6 is 11.6 Å². The first kappa shape index (κ1) is 17.9. The van der Waals surface area contributed by atoms with Gasteiger partial charge in [-0.25, -0.2) is 14.6 Å². The molecular formula is C17H17ClN4O4. The van der Waals surface area contributed by atoms with Gasteiger partial charge in [-0.05, 0) is 32.0 Å². The number of esters is 1. The summed E-state index contributed by atoms with van der Waals surface area (Å²) < 4.78 is 6.37. The highest BCUT2D eigenvalue weighted by molar-refractivity contribution is 6.31. The molecule has 0 spiro atoms. The molecule has 2 aromatic rings. The lowest BCUT2D eigenvalue weighted by molar-refractivity contribution is -0.139. The number of carbonyl (C=O) groups is 2. The van der Waals surface area contributed by atoms with Gasteiger partial charge in [-0.15, -0.1) is 0 Å². The van der Waals surface area contributed by atoms with Gasteiger partial charge in [-0.1, -0.05) is 11.6 Å². The molecule has 1 aromatic carbocycles. The number of nitrogens with one attached hydrogen (secondary N) is 2. The normalized spacial score (nSPS) is 17.0. The van der Waals surface area contributed by atoms with E-state index in [1.54, 1.807) is 26.0 Å². The largest absolute Gasteiger partial charge is 0.463 e. The zero-order chi connectivity index (χ0) is 18.8. The highest BCUT2D eigenvalue weighted by Crippen LogP contribution is 2.17. The minimum Gasteiger partial charge on any atom is -0.463 e. The Kier molecular flexibility index (Phi) is 4.94. The molecule has 0 aliphatic carbocycles. The quantitative estimate of drug-likeness (QED) is 0.788. The molecule has 9 heteroatoms. The van der Waals surface area contributed by atoms with Crippen molar-refractivity contribution in [1.29, 1.82) is 0 Å². The first-order chi connectivity index (χ1) is 12.4. The number of fused-ring (bicyclic) bond motifs is 1. The van der Waals surface area contributed by atoms with Gasteiger partial charge in [0.25, 0.3) is 5.56 Å². The zero-order valence-electron chi connectivity index (χ0n) is 14.2. The van der Waals surface area contributed by atoms with Crippen LogP contribution in [0.4, 0.5) is 4.79 Å². The minimum atomic E-state index is -0.549. The summed E-state index contributed by atoms with van der Waals surface area (Å²) in [4.78, 5) is 41.0. The van der Waals surface area contributed by atoms with Gasteiger partial charge in [0.1, 0.15) is 0 Å². The number of hydrogen-bond acceptors (Lipinski definition) is 5. The molecule has 26 heavy (non-hydrogen) atoms. The minimum absolute atomic E-state index is 0.0276. The summed E-state index contributed by atoms with van der Waals surface area (Å²) in [6, 6.07) is 3.84. The molecular weight excluding hydrogens is 360 g/mol. The average molecular weight is 377 g/mol. The fourth-order valence-electron chi connectivity index (χ4n) is 2.82. The summed E-state index contributed by atoms with van der Waals surface area (Å²) in [5, 5.41) is 5.97. The van der Waals surface area contributed by atoms with Crippen LogP contribution in [-0.4, -0.2) is 34.2 Å². The summed E-state index contributed by atoms with van der Waals surface area (Å²) in [6.45, 7) is 3.54. The van der Waals surface area contributed by atoms with Crippen molar-refractivity contribution >= 4 is 34.5 Å². The molecule has 0 fully saturated rings. The average Bonchev–Trinajstić information content (AvgIpc) is 2.57. The smallest absolute Gasteiger partial charge is 0.337 e. The first-order valence-corrected chi connectivity index (χ1v) is 8.41. The fraction of sp³-hybridized carbons (Fsp3) is 0.294. The third-order valence-corrected chi connectivity index (χ3v) is 4.22. The van der Waals surface area contributed by atoms with Crippen LogP contribution in [-0.2, 0) is 16.1 Å². The zero-order valence-corrected chi connectivity index (χ0v) is 15.0. The molecule has 0 radical (unpaired) electrons. The highest BCUT2D eigenvalue weighted by atomic mass is 35.5. The standard InChI is InChI=1S/C17H17ClN4O4/c1-3-26-16(24)14-9(2)20-17(25)21-13(14)7-22-8-19-12-5-4-10(18)6-11(12)15(22)23/h4-6,8-9H,3,7H2,1-2H3,(H2,20,21,25)/t9-/m0/s1. The number of nitrogens with zero attached hydrogens (tertiary/aromatic N) is 2. The maximum Gasteiger partial charge on any atom is 0.337 e. The summed E-state index contributed by atoms with van der Waals surface area (Å²) >= 11 is 5.96. The maximum atomic E-state index is 12.7. The number of benzene rings is 1. The van der Waals surface area contributed by atoms with Crippen molar-refractivity contribution < 1.29 is 14.3 Å². The van der Waals surface area contributed by atoms with Gasteiger partial charge >= 0.3 is 12.0 Å². The lowest BCUT2D eigenvalue weighted by atomic mass is 10.0. The first-order valence-electron chi connectivity index (χ1n) is 8.03. The molecule has 136 valence electrons. The van der Waals surface area contributed by atoms with Gasteiger partial charge in [0.15, 0.2) is 0 Å². The number of rotatable bonds is 4. The van der Waals surface area contributed by atoms with E-state index in [0.717, 1.165) is 0 Å². The fourth-order valence-corrected chi connectivity index (χ4v) is 2.99. The van der Waals surface area contributed by atoms with E-state index in [2.05, 4.69) is 15.6 Å². The lowest BCUT2D eigenvalue weighted by Crippen LogP contribution is -2.50. The monoisotopic (exact) mass is 376 g/mol. The topological polar surface area (TPSA) is 102 Å². The summed E-state index contributed by atoms with van der Waals surface area (Å²) in [5.41, 5.74) is 0.751. The molecule has 0 saturated carbocycles. The van der Waals surface area contributed by atoms with Crippen molar-refractivity contribution in [3.05, 3.63) is 51.2 Å². The van der Waals surface area contributed by atoms with Gasteiger partial charge in [0.2, 0.25) is 0 Å². The van der Waals surface area contributed by atoms with Gasteiger partial charge in [0.05, 0.1) is 47.7 Å². The van der Waals surface area contributed by atoms with E-state index in [-0.39, 0.29) is 24.3 Å². The number of amides is 2. The molecule has 1 aliphatic heterocycles. The Morgan fingerprint density at radius 1 is 1.38 bits per heavy atom. The van der Waals surface area contributed by atoms with Gasteiger partial charge < -0.3 is 15.4 Å². The molecule has 2 heterocycles. The van der Waals surface area contributed by atoms with Crippen molar-refractivity contribution in [2.45, 2.75) is 26.4 Å². The van der Waals surface area contributed by atoms with E-state index >= 15 is 0 Å². The van der Waals surface area contributed by atoms with E-state index < -0.39 is 18.0 Å². The van der Waals surface area contributed by atoms with Crippen LogP contribution in [0.15, 0.2) is 40.6 Å². The Labute approximate surface area is 153 Å². The van der Waals surface area contributed by atoms with Crippen molar-refractivity contribution in [2.24, 2.45) is 0 Å². The molecule has 2 N–H and O–H groups in total. The van der Waals surface area contributed by atoms with Crippen LogP contribution < -0.4 is 16.2 Å². The van der Waals surface area contributed by atoms with Crippen molar-refractivity contribution in [3.8, 4) is 0 Å². The van der Waals surface area contributed by atoms with Crippen LogP contribution in [0, 0.1) is 0 Å². The third kappa shape index (κ3) is 3.41. The second kappa shape index (κ2) is 7.17. The number of ether oxygens (including phenoxy) is 1. The van der Waals surface area contributed by atoms with Crippen LogP contribution in [0.1, 0.15) is 13.8 Å². The number of urea groups is 1. The van der Waals surface area contributed by atoms with Crippen molar-refractivity contribution in [3.63, 3.8) is 0 Å². The van der Waals surface area contributed by atoms with Crippen LogP contribution in [0.3, 0.4) is 0 Å². The molecule has 0 bridgehead atoms. The number of hydrogen-bond donors (Lipinski definition) is 2. The van der Waals surface area contributed by atoms with E-state index in [0.29, 0.717) is 21.6 Å². The predicted molar refractivity (Wildman–Crippen MR) is 95.8 cm³/mol. The lowest BCUT2D eigenvalue weighted by Gasteiger charge is -2.26. The summed E-state index contributed by atoms with van der Waals surface area (Å²) in [5.74, 6) is -0.549. The van der Waals surface area contributed by atoms with Crippen LogP contribution in [0.25, 0.3) is 10.9 Å². The van der Waals surface area contributed by atoms with E-state index in [1.165, 1.54) is 17.0 Å². The molecule has 1 aliphatic rings. The number of aromatic nitrogens is 2. The van der Waals surface area contributed by atoms with E-state index in [4.69, 9.17) is 16.3 Å². The number of allylic oxidation sites excluding steroid dienone is 1. The molecule has 0 saturated heterocycles. The Bertz CT molecular complexity index is 982. The second-order valence-electron chi connectivity index (χ2n) is 5.77. The molecule has 0 unspecified atom stereocenters. The Morgan fingerprint density at radius 3 is 2.88 bits per heavy atom. The SMILES string of the molecule is CCOC(=O)C1=C(Cn2cnc3ccc(Cl)cc3c2=O)NC(=O)N[C@H]1C. The van der Waals surface area contributed by atoms with Gasteiger partial charge in [-0.3, -0.25) is 9.36 Å². The number of halogens is 1. The van der Waals surface area contributed by atoms with E-state index in [1.807, 2.05) is 0 Å². The van der Waals surface area contributed by atoms with Crippen LogP contribution in [0.5, 0.6) is 0 Å². The summed E-state index contributed by atoms with van der Waals surface area (Å²) in [7, 11) is 0. The van der Waals surface area contributed by atoms with E-state index in [9.17, 15) is 14.4 Å². The third-order valence-electron chi connectivity index (χ3n) is 3.98. The van der Waals surface area contributed by atoms with Crippen molar-refractivity contribution in [1.82, 2.24) is 20.2 Å². The van der Waals surface area contributed by atoms with Gasteiger partial charge in [-0.2, -0.15) is 0 Å². The molecule has 2 amide bonds. The highest BCUT2D eigenvalue weighted by Gasteiger charge is 2.30. The Morgan fingerprint density at radius 2 is 2.15 bits per heavy atom. The predicted octanol–water partition coefficient (Wildman–Crippen LogP) is 1.57. The molecule has 1 atom stereocenters. The Hall–Kier alpha value is -2.87. The molecule has 3 rings (SSSR count). The second-order valence-corrected chi connectivity index (χ2v) is 6.21. The van der Waals surface area contributed by atoms with Crippen molar-refractivity contribution in [2.75, 3.05) is 6.61 Å². The molecule has 1 aromatic heterocycles. The number of carbonyl (C=O) groups excluding carboxylic acids is 2. The maximum absolute atomic E-state index is 12.7. The Balaban J connectivity index is 2.07. The van der Waals surface area contributed by atoms with Crippen LogP contribution in [0.2, 0.25) is 5.02 Å². The van der Waals surface area contributed by atoms with Gasteiger partial charge in [0, 0.05) is 5.02 Å².